The van der Waals surface area contributed by atoms with Crippen LogP contribution in [0.15, 0.2) is 36.4 Å². The van der Waals surface area contributed by atoms with E-state index in [9.17, 15) is 13.9 Å². The maximum absolute atomic E-state index is 12.9. The predicted octanol–water partition coefficient (Wildman–Crippen LogP) is 5.40. The number of hydrogen-bond donors (Lipinski definition) is 0. The third kappa shape index (κ3) is 3.39. The summed E-state index contributed by atoms with van der Waals surface area (Å²) in [5.41, 5.74) is 2.25. The van der Waals surface area contributed by atoms with Crippen molar-refractivity contribution in [3.63, 3.8) is 0 Å². The molecule has 0 aliphatic heterocycles. The number of aryl methyl sites for hydroxylation is 1. The third-order valence-corrected chi connectivity index (χ3v) is 4.36. The van der Waals surface area contributed by atoms with E-state index in [2.05, 4.69) is 9.72 Å². The summed E-state index contributed by atoms with van der Waals surface area (Å²) in [4.78, 5) is 4.08. The van der Waals surface area contributed by atoms with Crippen LogP contribution in [0.1, 0.15) is 22.3 Å². The Kier molecular flexibility index (Phi) is 4.92. The molecule has 1 heterocycles. The van der Waals surface area contributed by atoms with Crippen LogP contribution < -0.4 is 4.74 Å². The van der Waals surface area contributed by atoms with Crippen LogP contribution in [0.2, 0.25) is 5.02 Å². The van der Waals surface area contributed by atoms with E-state index in [-0.39, 0.29) is 34.0 Å². The lowest BCUT2D eigenvalue weighted by atomic mass is 9.97. The molecule has 0 N–H and O–H groups in total. The molecule has 0 saturated heterocycles. The summed E-state index contributed by atoms with van der Waals surface area (Å²) in [5, 5.41) is 21.6. The molecular formula is C19H12ClF2N2O2. The van der Waals surface area contributed by atoms with Crippen molar-refractivity contribution in [2.45, 2.75) is 20.0 Å². The van der Waals surface area contributed by atoms with E-state index in [0.717, 1.165) is 5.56 Å². The molecule has 4 nitrogen and oxygen atoms in total. The number of benzene rings is 2. The van der Waals surface area contributed by atoms with Gasteiger partial charge in [0.25, 0.3) is 0 Å². The second-order valence-electron chi connectivity index (χ2n) is 5.65. The highest BCUT2D eigenvalue weighted by Gasteiger charge is 2.21. The fourth-order valence-electron chi connectivity index (χ4n) is 2.79. The molecule has 0 unspecified atom stereocenters. The normalized spacial score (nSPS) is 10.9. The van der Waals surface area contributed by atoms with Gasteiger partial charge < -0.3 is 4.74 Å². The van der Waals surface area contributed by atoms with Gasteiger partial charge in [-0.3, -0.25) is 5.11 Å². The Morgan fingerprint density at radius 3 is 2.54 bits per heavy atom. The molecule has 0 amide bonds. The molecule has 0 aliphatic carbocycles. The Morgan fingerprint density at radius 1 is 1.23 bits per heavy atom. The molecular weight excluding hydrogens is 362 g/mol. The summed E-state index contributed by atoms with van der Waals surface area (Å²) in [6, 6.07) is 11.4. The first-order chi connectivity index (χ1) is 12.4. The molecule has 1 radical (unpaired) electrons. The summed E-state index contributed by atoms with van der Waals surface area (Å²) in [6.45, 7) is -1.41. The van der Waals surface area contributed by atoms with Crippen molar-refractivity contribution in [2.24, 2.45) is 0 Å². The number of fused-ring (bicyclic) bond motifs is 1. The number of hydrogen-bond acceptors (Lipinski definition) is 3. The monoisotopic (exact) mass is 373 g/mol. The van der Waals surface area contributed by atoms with E-state index in [1.165, 1.54) is 12.1 Å². The summed E-state index contributed by atoms with van der Waals surface area (Å²) in [5.74, 6) is -0.555. The molecule has 3 rings (SSSR count). The van der Waals surface area contributed by atoms with Gasteiger partial charge in [-0.15, -0.1) is 0 Å². The first kappa shape index (κ1) is 17.9. The number of pyridine rings is 1. The minimum absolute atomic E-state index is 0.135. The van der Waals surface area contributed by atoms with Crippen LogP contribution in [0, 0.1) is 18.3 Å². The SMILES string of the molecule is Cc1c(Cc2ccc(C#N)cc2)c(OC(F)F)nc2c(Cl)ccc([O])c12. The van der Waals surface area contributed by atoms with Gasteiger partial charge in [0.2, 0.25) is 5.88 Å². The number of halogens is 3. The standard InChI is InChI=1S/C19H12ClF2N2O2/c1-10-13(8-11-2-4-12(9-23)5-3-11)18(26-19(21)22)24-17-14(20)6-7-15(25)16(10)17/h2-7,19H,8H2,1H3. The lowest BCUT2D eigenvalue weighted by Gasteiger charge is -2.16. The van der Waals surface area contributed by atoms with Gasteiger partial charge in [0.05, 0.1) is 27.6 Å². The van der Waals surface area contributed by atoms with Crippen molar-refractivity contribution in [1.29, 1.82) is 5.26 Å². The van der Waals surface area contributed by atoms with Crippen LogP contribution >= 0.6 is 11.6 Å². The van der Waals surface area contributed by atoms with Crippen molar-refractivity contribution in [3.8, 4) is 17.7 Å². The largest absolute Gasteiger partial charge is 0.417 e. The summed E-state index contributed by atoms with van der Waals surface area (Å²) >= 11 is 6.08. The second-order valence-corrected chi connectivity index (χ2v) is 6.06. The highest BCUT2D eigenvalue weighted by atomic mass is 35.5. The van der Waals surface area contributed by atoms with Gasteiger partial charge in [-0.25, -0.2) is 4.98 Å². The highest BCUT2D eigenvalue weighted by Crippen LogP contribution is 2.38. The summed E-state index contributed by atoms with van der Waals surface area (Å²) in [7, 11) is 0. The van der Waals surface area contributed by atoms with Crippen LogP contribution in [-0.2, 0) is 11.5 Å². The summed E-state index contributed by atoms with van der Waals surface area (Å²) < 4.78 is 30.3. The van der Waals surface area contributed by atoms with E-state index in [0.29, 0.717) is 16.7 Å². The van der Waals surface area contributed by atoms with Gasteiger partial charge in [-0.05, 0) is 42.3 Å². The number of nitriles is 1. The fraction of sp³-hybridized carbons (Fsp3) is 0.158. The molecule has 0 fully saturated rings. The average molecular weight is 374 g/mol. The van der Waals surface area contributed by atoms with E-state index in [1.54, 1.807) is 31.2 Å². The first-order valence-electron chi connectivity index (χ1n) is 7.63. The maximum Gasteiger partial charge on any atom is 0.388 e. The minimum atomic E-state index is -3.06. The van der Waals surface area contributed by atoms with Gasteiger partial charge in [0.15, 0.2) is 5.75 Å². The average Bonchev–Trinajstić information content (AvgIpc) is 2.61. The maximum atomic E-state index is 12.9. The molecule has 0 aliphatic rings. The molecule has 3 aromatic rings. The van der Waals surface area contributed by atoms with Crippen molar-refractivity contribution in [2.75, 3.05) is 0 Å². The van der Waals surface area contributed by atoms with Crippen LogP contribution in [0.25, 0.3) is 10.9 Å². The molecule has 0 spiro atoms. The molecule has 0 bridgehead atoms. The number of alkyl halides is 2. The van der Waals surface area contributed by atoms with Gasteiger partial charge >= 0.3 is 6.61 Å². The molecule has 0 saturated carbocycles. The molecule has 131 valence electrons. The predicted molar refractivity (Wildman–Crippen MR) is 92.2 cm³/mol. The minimum Gasteiger partial charge on any atom is -0.417 e. The Balaban J connectivity index is 2.19. The van der Waals surface area contributed by atoms with Crippen LogP contribution in [0.5, 0.6) is 11.6 Å². The van der Waals surface area contributed by atoms with E-state index >= 15 is 0 Å². The smallest absolute Gasteiger partial charge is 0.388 e. The Bertz CT molecular complexity index is 1010. The van der Waals surface area contributed by atoms with Crippen molar-refractivity contribution in [1.82, 2.24) is 4.98 Å². The van der Waals surface area contributed by atoms with E-state index < -0.39 is 6.61 Å². The van der Waals surface area contributed by atoms with Crippen LogP contribution in [0.3, 0.4) is 0 Å². The third-order valence-electron chi connectivity index (χ3n) is 4.05. The molecule has 7 heteroatoms. The van der Waals surface area contributed by atoms with Crippen LogP contribution in [-0.4, -0.2) is 11.6 Å². The number of ether oxygens (including phenoxy) is 1. The zero-order valence-electron chi connectivity index (χ0n) is 13.6. The number of nitrogens with zero attached hydrogens (tertiary/aromatic N) is 2. The number of rotatable bonds is 4. The summed E-state index contributed by atoms with van der Waals surface area (Å²) in [6.07, 6.45) is 0.217. The lowest BCUT2D eigenvalue weighted by Crippen LogP contribution is -2.09. The van der Waals surface area contributed by atoms with Gasteiger partial charge in [-0.2, -0.15) is 14.0 Å². The lowest BCUT2D eigenvalue weighted by molar-refractivity contribution is -0.0532. The first-order valence-corrected chi connectivity index (χ1v) is 8.01. The quantitative estimate of drug-likeness (QED) is 0.614. The van der Waals surface area contributed by atoms with Crippen molar-refractivity contribution < 1.29 is 18.6 Å². The van der Waals surface area contributed by atoms with Gasteiger partial charge in [0, 0.05) is 12.0 Å². The molecule has 0 atom stereocenters. The second kappa shape index (κ2) is 7.14. The zero-order chi connectivity index (χ0) is 18.8. The zero-order valence-corrected chi connectivity index (χ0v) is 14.3. The topological polar surface area (TPSA) is 65.8 Å². The molecule has 2 aromatic carbocycles. The van der Waals surface area contributed by atoms with Gasteiger partial charge in [0.1, 0.15) is 0 Å². The molecule has 26 heavy (non-hydrogen) atoms. The Morgan fingerprint density at radius 2 is 1.92 bits per heavy atom. The number of aromatic nitrogens is 1. The Hall–Kier alpha value is -2.91. The van der Waals surface area contributed by atoms with Crippen molar-refractivity contribution in [3.05, 3.63) is 63.7 Å². The molecule has 1 aromatic heterocycles. The van der Waals surface area contributed by atoms with E-state index in [1.807, 2.05) is 6.07 Å². The van der Waals surface area contributed by atoms with Crippen LogP contribution in [0.4, 0.5) is 8.78 Å². The fourth-order valence-corrected chi connectivity index (χ4v) is 2.99. The van der Waals surface area contributed by atoms with E-state index in [4.69, 9.17) is 16.9 Å². The van der Waals surface area contributed by atoms with Crippen molar-refractivity contribution >= 4 is 22.5 Å². The highest BCUT2D eigenvalue weighted by molar-refractivity contribution is 6.35. The Labute approximate surface area is 153 Å². The van der Waals surface area contributed by atoms with Gasteiger partial charge in [-0.1, -0.05) is 23.7 Å².